The van der Waals surface area contributed by atoms with Crippen LogP contribution in [0.5, 0.6) is 0 Å². The Bertz CT molecular complexity index is 336. The highest BCUT2D eigenvalue weighted by Gasteiger charge is 2.45. The standard InChI is InChI=1S/C12H21NO5/c1-8-6-17-7-12(8,5-9(14)15)13-10(16)18-11(2,3)4/h8H,5-7H2,1-4H3,(H,13,16)(H,14,15). The van der Waals surface area contributed by atoms with E-state index in [-0.39, 0.29) is 18.9 Å². The van der Waals surface area contributed by atoms with Gasteiger partial charge in [-0.1, -0.05) is 6.92 Å². The van der Waals surface area contributed by atoms with Gasteiger partial charge in [0.15, 0.2) is 0 Å². The third kappa shape index (κ3) is 3.87. The number of carboxylic acid groups (broad SMARTS) is 1. The van der Waals surface area contributed by atoms with Crippen molar-refractivity contribution in [1.29, 1.82) is 0 Å². The highest BCUT2D eigenvalue weighted by Crippen LogP contribution is 2.29. The van der Waals surface area contributed by atoms with Gasteiger partial charge in [0.2, 0.25) is 0 Å². The summed E-state index contributed by atoms with van der Waals surface area (Å²) in [7, 11) is 0. The van der Waals surface area contributed by atoms with Crippen molar-refractivity contribution in [2.75, 3.05) is 13.2 Å². The Hall–Kier alpha value is -1.30. The second-order valence-electron chi connectivity index (χ2n) is 5.77. The van der Waals surface area contributed by atoms with Crippen molar-refractivity contribution in [3.63, 3.8) is 0 Å². The molecule has 6 nitrogen and oxygen atoms in total. The van der Waals surface area contributed by atoms with Crippen LogP contribution >= 0.6 is 0 Å². The lowest BCUT2D eigenvalue weighted by Gasteiger charge is -2.32. The second kappa shape index (κ2) is 5.14. The molecule has 0 radical (unpaired) electrons. The van der Waals surface area contributed by atoms with Crippen LogP contribution in [0.3, 0.4) is 0 Å². The number of rotatable bonds is 3. The van der Waals surface area contributed by atoms with Crippen molar-refractivity contribution in [1.82, 2.24) is 5.32 Å². The smallest absolute Gasteiger partial charge is 0.408 e. The zero-order valence-corrected chi connectivity index (χ0v) is 11.3. The summed E-state index contributed by atoms with van der Waals surface area (Å²) in [6.45, 7) is 7.75. The first-order valence-electron chi connectivity index (χ1n) is 5.95. The predicted molar refractivity (Wildman–Crippen MR) is 64.3 cm³/mol. The zero-order chi connectivity index (χ0) is 14.0. The van der Waals surface area contributed by atoms with Gasteiger partial charge in [0.05, 0.1) is 25.2 Å². The third-order valence-corrected chi connectivity index (χ3v) is 2.89. The number of carbonyl (C=O) groups excluding carboxylic acids is 1. The van der Waals surface area contributed by atoms with Crippen LogP contribution in [0.15, 0.2) is 0 Å². The van der Waals surface area contributed by atoms with Crippen LogP contribution in [0, 0.1) is 5.92 Å². The Labute approximate surface area is 107 Å². The fourth-order valence-electron chi connectivity index (χ4n) is 1.93. The first-order chi connectivity index (χ1) is 8.15. The van der Waals surface area contributed by atoms with Crippen LogP contribution in [0.2, 0.25) is 0 Å². The summed E-state index contributed by atoms with van der Waals surface area (Å²) in [6, 6.07) is 0. The summed E-state index contributed by atoms with van der Waals surface area (Å²) in [5, 5.41) is 11.6. The van der Waals surface area contributed by atoms with E-state index in [0.29, 0.717) is 6.61 Å². The van der Waals surface area contributed by atoms with Crippen molar-refractivity contribution >= 4 is 12.1 Å². The van der Waals surface area contributed by atoms with Gasteiger partial charge in [-0.3, -0.25) is 4.79 Å². The SMILES string of the molecule is CC1COCC1(CC(=O)O)NC(=O)OC(C)(C)C. The first-order valence-corrected chi connectivity index (χ1v) is 5.95. The lowest BCUT2D eigenvalue weighted by atomic mass is 9.85. The fourth-order valence-corrected chi connectivity index (χ4v) is 1.93. The van der Waals surface area contributed by atoms with Crippen LogP contribution in [0.1, 0.15) is 34.1 Å². The van der Waals surface area contributed by atoms with Crippen LogP contribution < -0.4 is 5.32 Å². The minimum absolute atomic E-state index is 0.0684. The molecular formula is C12H21NO5. The summed E-state index contributed by atoms with van der Waals surface area (Å²) in [6.07, 6.45) is -0.783. The molecule has 18 heavy (non-hydrogen) atoms. The molecule has 0 aliphatic carbocycles. The van der Waals surface area contributed by atoms with Crippen molar-refractivity contribution in [3.05, 3.63) is 0 Å². The minimum atomic E-state index is -0.969. The van der Waals surface area contributed by atoms with E-state index in [0.717, 1.165) is 0 Å². The van der Waals surface area contributed by atoms with Gasteiger partial charge in [0.25, 0.3) is 0 Å². The molecule has 1 aliphatic rings. The molecule has 6 heteroatoms. The number of alkyl carbamates (subject to hydrolysis) is 1. The number of aliphatic carboxylic acids is 1. The predicted octanol–water partition coefficient (Wildman–Crippen LogP) is 1.39. The maximum Gasteiger partial charge on any atom is 0.408 e. The summed E-state index contributed by atoms with van der Waals surface area (Å²) < 4.78 is 10.4. The molecule has 1 saturated heterocycles. The molecule has 0 spiro atoms. The third-order valence-electron chi connectivity index (χ3n) is 2.89. The maximum atomic E-state index is 11.8. The van der Waals surface area contributed by atoms with Gasteiger partial charge in [-0.2, -0.15) is 0 Å². The average molecular weight is 259 g/mol. The summed E-state index contributed by atoms with van der Waals surface area (Å²) in [4.78, 5) is 22.7. The molecule has 0 bridgehead atoms. The quantitative estimate of drug-likeness (QED) is 0.800. The molecule has 1 fully saturated rings. The molecule has 1 amide bonds. The van der Waals surface area contributed by atoms with Gasteiger partial charge in [-0.25, -0.2) is 4.79 Å². The van der Waals surface area contributed by atoms with E-state index >= 15 is 0 Å². The number of hydrogen-bond donors (Lipinski definition) is 2. The molecule has 0 aromatic carbocycles. The van der Waals surface area contributed by atoms with Gasteiger partial charge >= 0.3 is 12.1 Å². The number of nitrogens with one attached hydrogen (secondary N) is 1. The fraction of sp³-hybridized carbons (Fsp3) is 0.833. The molecular weight excluding hydrogens is 238 g/mol. The molecule has 2 atom stereocenters. The first kappa shape index (κ1) is 14.8. The van der Waals surface area contributed by atoms with E-state index in [1.807, 2.05) is 6.92 Å². The van der Waals surface area contributed by atoms with E-state index in [4.69, 9.17) is 14.6 Å². The Balaban J connectivity index is 2.74. The van der Waals surface area contributed by atoms with Gasteiger partial charge in [-0.05, 0) is 20.8 Å². The van der Waals surface area contributed by atoms with E-state index in [2.05, 4.69) is 5.32 Å². The summed E-state index contributed by atoms with van der Waals surface area (Å²) in [5.41, 5.74) is -1.49. The van der Waals surface area contributed by atoms with E-state index in [9.17, 15) is 9.59 Å². The molecule has 0 aromatic heterocycles. The van der Waals surface area contributed by atoms with Crippen LogP contribution in [0.25, 0.3) is 0 Å². The maximum absolute atomic E-state index is 11.8. The number of amides is 1. The van der Waals surface area contributed by atoms with Crippen LogP contribution in [-0.2, 0) is 14.3 Å². The Morgan fingerprint density at radius 3 is 2.50 bits per heavy atom. The number of carboxylic acids is 1. The van der Waals surface area contributed by atoms with Crippen molar-refractivity contribution < 1.29 is 24.2 Å². The highest BCUT2D eigenvalue weighted by atomic mass is 16.6. The van der Waals surface area contributed by atoms with Crippen molar-refractivity contribution in [3.8, 4) is 0 Å². The molecule has 0 saturated carbocycles. The molecule has 104 valence electrons. The van der Waals surface area contributed by atoms with Crippen LogP contribution in [0.4, 0.5) is 4.79 Å². The Morgan fingerprint density at radius 1 is 1.50 bits per heavy atom. The monoisotopic (exact) mass is 259 g/mol. The van der Waals surface area contributed by atoms with Crippen molar-refractivity contribution in [2.24, 2.45) is 5.92 Å². The number of hydrogen-bond acceptors (Lipinski definition) is 4. The van der Waals surface area contributed by atoms with Gasteiger partial charge in [0.1, 0.15) is 5.60 Å². The number of carbonyl (C=O) groups is 2. The molecule has 1 aliphatic heterocycles. The van der Waals surface area contributed by atoms with E-state index < -0.39 is 23.2 Å². The Kier molecular flexibility index (Phi) is 4.21. The second-order valence-corrected chi connectivity index (χ2v) is 5.77. The average Bonchev–Trinajstić information content (AvgIpc) is 2.42. The van der Waals surface area contributed by atoms with E-state index in [1.165, 1.54) is 0 Å². The zero-order valence-electron chi connectivity index (χ0n) is 11.3. The molecule has 0 aromatic rings. The molecule has 2 unspecified atom stereocenters. The lowest BCUT2D eigenvalue weighted by molar-refractivity contribution is -0.139. The minimum Gasteiger partial charge on any atom is -0.481 e. The topological polar surface area (TPSA) is 84.9 Å². The molecule has 1 heterocycles. The molecule has 2 N–H and O–H groups in total. The summed E-state index contributed by atoms with van der Waals surface area (Å²) in [5.74, 6) is -1.04. The van der Waals surface area contributed by atoms with Gasteiger partial charge in [0, 0.05) is 5.92 Å². The van der Waals surface area contributed by atoms with E-state index in [1.54, 1.807) is 20.8 Å². The molecule has 1 rings (SSSR count). The Morgan fingerprint density at radius 2 is 2.11 bits per heavy atom. The van der Waals surface area contributed by atoms with Crippen molar-refractivity contribution in [2.45, 2.75) is 45.3 Å². The van der Waals surface area contributed by atoms with Gasteiger partial charge in [-0.15, -0.1) is 0 Å². The lowest BCUT2D eigenvalue weighted by Crippen LogP contribution is -2.55. The number of ether oxygens (including phenoxy) is 2. The normalized spacial score (nSPS) is 27.9. The van der Waals surface area contributed by atoms with Gasteiger partial charge < -0.3 is 19.9 Å². The van der Waals surface area contributed by atoms with Crippen LogP contribution in [-0.4, -0.2) is 41.5 Å². The highest BCUT2D eigenvalue weighted by molar-refractivity contribution is 5.73. The summed E-state index contributed by atoms with van der Waals surface area (Å²) >= 11 is 0. The largest absolute Gasteiger partial charge is 0.481 e.